The van der Waals surface area contributed by atoms with E-state index in [-0.39, 0.29) is 30.9 Å². The third kappa shape index (κ3) is 6.09. The normalized spacial score (nSPS) is 14.2. The smallest absolute Gasteiger partial charge is 0.247 e. The van der Waals surface area contributed by atoms with Gasteiger partial charge in [-0.25, -0.2) is 4.68 Å². The number of amides is 2. The number of carbonyl (C=O) groups is 2. The van der Waals surface area contributed by atoms with Crippen LogP contribution >= 0.6 is 0 Å². The summed E-state index contributed by atoms with van der Waals surface area (Å²) in [6.45, 7) is 2.45. The Morgan fingerprint density at radius 3 is 2.62 bits per heavy atom. The van der Waals surface area contributed by atoms with Gasteiger partial charge in [-0.15, -0.1) is 5.10 Å². The minimum absolute atomic E-state index is 0.0749. The molecule has 40 heavy (non-hydrogen) atoms. The maximum Gasteiger partial charge on any atom is 0.247 e. The Bertz CT molecular complexity index is 1460. The van der Waals surface area contributed by atoms with Gasteiger partial charge in [0.1, 0.15) is 29.6 Å². The molecule has 1 aliphatic rings. The molecule has 3 aromatic carbocycles. The van der Waals surface area contributed by atoms with Gasteiger partial charge in [-0.3, -0.25) is 9.59 Å². The number of nitrogens with zero attached hydrogens (tertiary/aromatic N) is 4. The van der Waals surface area contributed by atoms with Gasteiger partial charge in [-0.1, -0.05) is 60.5 Å². The lowest BCUT2D eigenvalue weighted by molar-refractivity contribution is -0.142. The van der Waals surface area contributed by atoms with Crippen LogP contribution < -0.4 is 14.8 Å². The van der Waals surface area contributed by atoms with Crippen molar-refractivity contribution in [2.45, 2.75) is 57.8 Å². The Morgan fingerprint density at radius 1 is 1.05 bits per heavy atom. The molecule has 1 aliphatic carbocycles. The van der Waals surface area contributed by atoms with Crippen LogP contribution in [0.2, 0.25) is 0 Å². The van der Waals surface area contributed by atoms with E-state index in [0.717, 1.165) is 36.8 Å². The van der Waals surface area contributed by atoms with Crippen molar-refractivity contribution in [1.29, 1.82) is 0 Å². The minimum atomic E-state index is -0.920. The minimum Gasteiger partial charge on any atom is -0.497 e. The Kier molecular flexibility index (Phi) is 8.59. The van der Waals surface area contributed by atoms with Crippen LogP contribution in [0.1, 0.15) is 49.8 Å². The van der Waals surface area contributed by atoms with Gasteiger partial charge in [0.05, 0.1) is 19.2 Å². The van der Waals surface area contributed by atoms with E-state index in [1.807, 2.05) is 79.7 Å². The number of aromatic nitrogens is 3. The molecule has 1 fully saturated rings. The van der Waals surface area contributed by atoms with E-state index in [2.05, 4.69) is 15.6 Å². The molecular formula is C31H35N5O4. The van der Waals surface area contributed by atoms with Crippen LogP contribution in [0.3, 0.4) is 0 Å². The second-order valence-electron chi connectivity index (χ2n) is 9.97. The molecule has 1 atom stereocenters. The quantitative estimate of drug-likeness (QED) is 0.296. The molecule has 5 rings (SSSR count). The first-order valence-electron chi connectivity index (χ1n) is 13.8. The van der Waals surface area contributed by atoms with E-state index in [9.17, 15) is 9.59 Å². The van der Waals surface area contributed by atoms with Crippen LogP contribution in [-0.2, 0) is 22.7 Å². The SMILES string of the molecule is CCOc1ccccc1C(C(=O)NC1CCCC1)N(Cc1cccc(OC)c1)C(=O)Cn1nnc2ccccc21. The van der Waals surface area contributed by atoms with Crippen LogP contribution in [0, 0.1) is 0 Å². The number of hydrogen-bond donors (Lipinski definition) is 1. The number of ether oxygens (including phenoxy) is 2. The molecule has 1 heterocycles. The van der Waals surface area contributed by atoms with Crippen molar-refractivity contribution < 1.29 is 19.1 Å². The summed E-state index contributed by atoms with van der Waals surface area (Å²) >= 11 is 0. The predicted molar refractivity (Wildman–Crippen MR) is 152 cm³/mol. The maximum absolute atomic E-state index is 14.2. The largest absolute Gasteiger partial charge is 0.497 e. The fourth-order valence-electron chi connectivity index (χ4n) is 5.34. The second kappa shape index (κ2) is 12.6. The molecule has 0 bridgehead atoms. The lowest BCUT2D eigenvalue weighted by Gasteiger charge is -2.33. The Balaban J connectivity index is 1.57. The molecule has 9 heteroatoms. The summed E-state index contributed by atoms with van der Waals surface area (Å²) < 4.78 is 13.0. The van der Waals surface area contributed by atoms with E-state index in [1.54, 1.807) is 16.7 Å². The summed E-state index contributed by atoms with van der Waals surface area (Å²) in [5.74, 6) is 0.759. The van der Waals surface area contributed by atoms with Crippen molar-refractivity contribution in [3.8, 4) is 11.5 Å². The van der Waals surface area contributed by atoms with Crippen LogP contribution in [0.4, 0.5) is 0 Å². The number of hydrogen-bond acceptors (Lipinski definition) is 6. The van der Waals surface area contributed by atoms with E-state index in [0.29, 0.717) is 29.2 Å². The van der Waals surface area contributed by atoms with Gasteiger partial charge < -0.3 is 19.7 Å². The number of para-hydroxylation sites is 2. The molecule has 0 spiro atoms. The molecule has 1 unspecified atom stereocenters. The zero-order chi connectivity index (χ0) is 27.9. The van der Waals surface area contributed by atoms with Gasteiger partial charge in [0.15, 0.2) is 0 Å². The summed E-state index contributed by atoms with van der Waals surface area (Å²) in [6.07, 6.45) is 4.02. The highest BCUT2D eigenvalue weighted by molar-refractivity contribution is 5.90. The van der Waals surface area contributed by atoms with Crippen molar-refractivity contribution in [2.24, 2.45) is 0 Å². The van der Waals surface area contributed by atoms with Crippen LogP contribution in [-0.4, -0.2) is 51.5 Å². The second-order valence-corrected chi connectivity index (χ2v) is 9.97. The molecule has 1 N–H and O–H groups in total. The van der Waals surface area contributed by atoms with Crippen molar-refractivity contribution in [2.75, 3.05) is 13.7 Å². The van der Waals surface area contributed by atoms with Gasteiger partial charge in [-0.2, -0.15) is 0 Å². The zero-order valence-electron chi connectivity index (χ0n) is 23.0. The lowest BCUT2D eigenvalue weighted by Crippen LogP contribution is -2.46. The van der Waals surface area contributed by atoms with Crippen molar-refractivity contribution in [3.05, 3.63) is 83.9 Å². The fourth-order valence-corrected chi connectivity index (χ4v) is 5.34. The number of rotatable bonds is 11. The van der Waals surface area contributed by atoms with Crippen LogP contribution in [0.25, 0.3) is 11.0 Å². The summed E-state index contributed by atoms with van der Waals surface area (Å²) in [7, 11) is 1.61. The highest BCUT2D eigenvalue weighted by Crippen LogP contribution is 2.33. The molecule has 1 saturated carbocycles. The van der Waals surface area contributed by atoms with Crippen molar-refractivity contribution in [1.82, 2.24) is 25.2 Å². The summed E-state index contributed by atoms with van der Waals surface area (Å²) in [6, 6.07) is 21.6. The van der Waals surface area contributed by atoms with Crippen LogP contribution in [0.5, 0.6) is 11.5 Å². The topological polar surface area (TPSA) is 98.6 Å². The van der Waals surface area contributed by atoms with Crippen molar-refractivity contribution >= 4 is 22.8 Å². The van der Waals surface area contributed by atoms with E-state index >= 15 is 0 Å². The molecule has 9 nitrogen and oxygen atoms in total. The first-order chi connectivity index (χ1) is 19.6. The zero-order valence-corrected chi connectivity index (χ0v) is 23.0. The number of methoxy groups -OCH3 is 1. The molecule has 0 aliphatic heterocycles. The summed E-state index contributed by atoms with van der Waals surface area (Å²) in [5.41, 5.74) is 2.92. The third-order valence-electron chi connectivity index (χ3n) is 7.29. The van der Waals surface area contributed by atoms with Crippen LogP contribution in [0.15, 0.2) is 72.8 Å². The average molecular weight is 542 g/mol. The van der Waals surface area contributed by atoms with E-state index in [1.165, 1.54) is 0 Å². The Hall–Kier alpha value is -4.40. The lowest BCUT2D eigenvalue weighted by atomic mass is 10.0. The van der Waals surface area contributed by atoms with Gasteiger partial charge in [0.25, 0.3) is 0 Å². The molecule has 0 saturated heterocycles. The number of carbonyl (C=O) groups excluding carboxylic acids is 2. The number of benzene rings is 3. The molecule has 208 valence electrons. The monoisotopic (exact) mass is 541 g/mol. The molecular weight excluding hydrogens is 506 g/mol. The maximum atomic E-state index is 14.2. The van der Waals surface area contributed by atoms with E-state index < -0.39 is 6.04 Å². The molecule has 2 amide bonds. The Morgan fingerprint density at radius 2 is 1.82 bits per heavy atom. The third-order valence-corrected chi connectivity index (χ3v) is 7.29. The van der Waals surface area contributed by atoms with Gasteiger partial charge in [-0.05, 0) is 55.7 Å². The first-order valence-corrected chi connectivity index (χ1v) is 13.8. The number of nitrogens with one attached hydrogen (secondary N) is 1. The van der Waals surface area contributed by atoms with E-state index in [4.69, 9.17) is 9.47 Å². The first kappa shape index (κ1) is 27.2. The van der Waals surface area contributed by atoms with Gasteiger partial charge >= 0.3 is 0 Å². The standard InChI is InChI=1S/C31H35N5O4/c1-3-40-28-18-9-6-15-25(28)30(31(38)32-23-12-4-5-13-23)35(20-22-11-10-14-24(19-22)39-2)29(37)21-36-27-17-8-7-16-26(27)33-34-36/h6-11,14-19,23,30H,3-5,12-13,20-21H2,1-2H3,(H,32,38). The van der Waals surface area contributed by atoms with Crippen molar-refractivity contribution in [3.63, 3.8) is 0 Å². The Labute approximate surface area is 234 Å². The number of fused-ring (bicyclic) bond motifs is 1. The molecule has 1 aromatic heterocycles. The fraction of sp³-hybridized carbons (Fsp3) is 0.355. The molecule has 0 radical (unpaired) electrons. The summed E-state index contributed by atoms with van der Waals surface area (Å²) in [5, 5.41) is 11.7. The predicted octanol–water partition coefficient (Wildman–Crippen LogP) is 4.67. The highest BCUT2D eigenvalue weighted by Gasteiger charge is 2.35. The highest BCUT2D eigenvalue weighted by atomic mass is 16.5. The summed E-state index contributed by atoms with van der Waals surface area (Å²) in [4.78, 5) is 30.0. The molecule has 4 aromatic rings. The van der Waals surface area contributed by atoms with Gasteiger partial charge in [0.2, 0.25) is 11.8 Å². The van der Waals surface area contributed by atoms with Gasteiger partial charge in [0, 0.05) is 18.2 Å². The average Bonchev–Trinajstić information content (AvgIpc) is 3.64.